The smallest absolute Gasteiger partial charge is 0.308 e. The Bertz CT molecular complexity index is 305. The number of rotatable bonds is 5. The third kappa shape index (κ3) is 5.49. The lowest BCUT2D eigenvalue weighted by Gasteiger charge is -2.32. The van der Waals surface area contributed by atoms with E-state index in [9.17, 15) is 14.7 Å². The molecule has 1 amide bonds. The highest BCUT2D eigenvalue weighted by Crippen LogP contribution is 2.24. The highest BCUT2D eigenvalue weighted by Gasteiger charge is 2.38. The maximum atomic E-state index is 12.0. The van der Waals surface area contributed by atoms with E-state index in [0.717, 1.165) is 0 Å². The Hall–Kier alpha value is -1.10. The quantitative estimate of drug-likeness (QED) is 0.728. The van der Waals surface area contributed by atoms with E-state index in [-0.39, 0.29) is 24.5 Å². The van der Waals surface area contributed by atoms with Crippen molar-refractivity contribution in [3.63, 3.8) is 0 Å². The average Bonchev–Trinajstić information content (AvgIpc) is 2.14. The second kappa shape index (κ2) is 6.18. The molecule has 0 aliphatic carbocycles. The molecule has 106 valence electrons. The van der Waals surface area contributed by atoms with E-state index in [0.29, 0.717) is 0 Å². The van der Waals surface area contributed by atoms with Crippen LogP contribution in [0.15, 0.2) is 0 Å². The first-order valence-electron chi connectivity index (χ1n) is 6.17. The van der Waals surface area contributed by atoms with Gasteiger partial charge in [0.2, 0.25) is 5.91 Å². The van der Waals surface area contributed by atoms with Gasteiger partial charge in [-0.05, 0) is 41.5 Å². The fraction of sp³-hybridized carbons (Fsp3) is 0.846. The fourth-order valence-electron chi connectivity index (χ4n) is 1.29. The number of hydrogen-bond donors (Lipinski definition) is 2. The minimum absolute atomic E-state index is 0.182. The topological polar surface area (TPSA) is 75.6 Å². The largest absolute Gasteiger partial charge is 0.466 e. The summed E-state index contributed by atoms with van der Waals surface area (Å²) in [5.74, 6) is -0.784. The van der Waals surface area contributed by atoms with Gasteiger partial charge < -0.3 is 15.2 Å². The molecule has 0 saturated heterocycles. The third-order valence-electron chi connectivity index (χ3n) is 2.57. The molecule has 0 bridgehead atoms. The summed E-state index contributed by atoms with van der Waals surface area (Å²) in [7, 11) is 0. The minimum atomic E-state index is -1.07. The number of aliphatic hydroxyl groups excluding tert-OH is 1. The molecule has 0 aromatic carbocycles. The second-order valence-corrected chi connectivity index (χ2v) is 5.95. The van der Waals surface area contributed by atoms with Crippen LogP contribution < -0.4 is 5.32 Å². The second-order valence-electron chi connectivity index (χ2n) is 5.95. The summed E-state index contributed by atoms with van der Waals surface area (Å²) in [6.07, 6.45) is -1.25. The van der Waals surface area contributed by atoms with E-state index in [1.807, 2.05) is 20.8 Å². The maximum Gasteiger partial charge on any atom is 0.308 e. The summed E-state index contributed by atoms with van der Waals surface area (Å²) in [4.78, 5) is 23.3. The Balaban J connectivity index is 4.60. The predicted octanol–water partition coefficient (Wildman–Crippen LogP) is 1.24. The van der Waals surface area contributed by atoms with Gasteiger partial charge in [-0.3, -0.25) is 9.59 Å². The van der Waals surface area contributed by atoms with Crippen molar-refractivity contribution in [2.45, 2.75) is 59.6 Å². The van der Waals surface area contributed by atoms with E-state index < -0.39 is 17.5 Å². The van der Waals surface area contributed by atoms with Crippen LogP contribution in [0.3, 0.4) is 0 Å². The number of carbonyl (C=O) groups excluding carboxylic acids is 2. The molecule has 1 unspecified atom stereocenters. The van der Waals surface area contributed by atoms with Gasteiger partial charge in [0.1, 0.15) is 0 Å². The van der Waals surface area contributed by atoms with E-state index in [4.69, 9.17) is 4.74 Å². The Morgan fingerprint density at radius 3 is 2.11 bits per heavy atom. The van der Waals surface area contributed by atoms with Crippen LogP contribution in [0.5, 0.6) is 0 Å². The first-order valence-corrected chi connectivity index (χ1v) is 6.17. The molecule has 0 aliphatic rings. The third-order valence-corrected chi connectivity index (χ3v) is 2.57. The van der Waals surface area contributed by atoms with Crippen molar-refractivity contribution in [2.24, 2.45) is 5.41 Å². The predicted molar refractivity (Wildman–Crippen MR) is 68.9 cm³/mol. The highest BCUT2D eigenvalue weighted by atomic mass is 16.5. The molecule has 0 saturated carbocycles. The van der Waals surface area contributed by atoms with Gasteiger partial charge >= 0.3 is 5.97 Å². The van der Waals surface area contributed by atoms with Crippen LogP contribution >= 0.6 is 0 Å². The molecule has 0 fully saturated rings. The van der Waals surface area contributed by atoms with Gasteiger partial charge in [0.05, 0.1) is 24.5 Å². The normalized spacial score (nSPS) is 13.9. The molecule has 0 spiro atoms. The summed E-state index contributed by atoms with van der Waals surface area (Å²) in [5.41, 5.74) is -1.42. The number of amides is 1. The van der Waals surface area contributed by atoms with Gasteiger partial charge in [-0.1, -0.05) is 0 Å². The van der Waals surface area contributed by atoms with Crippen LogP contribution in [0, 0.1) is 5.41 Å². The lowest BCUT2D eigenvalue weighted by molar-refractivity contribution is -0.149. The molecule has 0 aromatic heterocycles. The number of esters is 1. The van der Waals surface area contributed by atoms with Gasteiger partial charge in [0.15, 0.2) is 0 Å². The van der Waals surface area contributed by atoms with Gasteiger partial charge in [-0.25, -0.2) is 0 Å². The minimum Gasteiger partial charge on any atom is -0.466 e. The first kappa shape index (κ1) is 16.9. The van der Waals surface area contributed by atoms with Crippen LogP contribution in [-0.4, -0.2) is 35.2 Å². The van der Waals surface area contributed by atoms with Crippen molar-refractivity contribution in [1.29, 1.82) is 0 Å². The molecule has 1 atom stereocenters. The molecule has 0 radical (unpaired) electrons. The molecule has 18 heavy (non-hydrogen) atoms. The van der Waals surface area contributed by atoms with Crippen LogP contribution in [0.1, 0.15) is 48.0 Å². The number of hydrogen-bond acceptors (Lipinski definition) is 4. The number of ether oxygens (including phenoxy) is 1. The van der Waals surface area contributed by atoms with Gasteiger partial charge in [0.25, 0.3) is 0 Å². The summed E-state index contributed by atoms with van der Waals surface area (Å²) < 4.78 is 4.76. The van der Waals surface area contributed by atoms with Crippen LogP contribution in [0.4, 0.5) is 0 Å². The summed E-state index contributed by atoms with van der Waals surface area (Å²) in [6.45, 7) is 10.8. The summed E-state index contributed by atoms with van der Waals surface area (Å²) >= 11 is 0. The molecule has 2 N–H and O–H groups in total. The van der Waals surface area contributed by atoms with Crippen molar-refractivity contribution in [1.82, 2.24) is 5.32 Å². The molecule has 0 rings (SSSR count). The van der Waals surface area contributed by atoms with Crippen molar-refractivity contribution < 1.29 is 19.4 Å². The lowest BCUT2D eigenvalue weighted by Crippen LogP contribution is -2.51. The maximum absolute atomic E-state index is 12.0. The lowest BCUT2D eigenvalue weighted by atomic mass is 9.83. The van der Waals surface area contributed by atoms with E-state index in [1.54, 1.807) is 20.8 Å². The van der Waals surface area contributed by atoms with Gasteiger partial charge in [-0.2, -0.15) is 0 Å². The fourth-order valence-corrected chi connectivity index (χ4v) is 1.29. The van der Waals surface area contributed by atoms with Gasteiger partial charge in [-0.15, -0.1) is 0 Å². The number of carbonyl (C=O) groups is 2. The van der Waals surface area contributed by atoms with Crippen molar-refractivity contribution in [3.8, 4) is 0 Å². The zero-order valence-corrected chi connectivity index (χ0v) is 12.2. The van der Waals surface area contributed by atoms with Crippen molar-refractivity contribution >= 4 is 11.9 Å². The van der Waals surface area contributed by atoms with Gasteiger partial charge in [0, 0.05) is 5.54 Å². The Morgan fingerprint density at radius 2 is 1.72 bits per heavy atom. The van der Waals surface area contributed by atoms with Crippen molar-refractivity contribution in [3.05, 3.63) is 0 Å². The number of nitrogens with one attached hydrogen (secondary N) is 1. The summed E-state index contributed by atoms with van der Waals surface area (Å²) in [5, 5.41) is 12.8. The molecule has 0 aromatic rings. The molecule has 5 nitrogen and oxygen atoms in total. The monoisotopic (exact) mass is 259 g/mol. The average molecular weight is 259 g/mol. The Kier molecular flexibility index (Phi) is 5.80. The van der Waals surface area contributed by atoms with Crippen LogP contribution in [0.2, 0.25) is 0 Å². The molecule has 5 heteroatoms. The standard InChI is InChI=1S/C13H25NO4/c1-7-18-10(16)8-9(15)13(5,6)11(17)14-12(2,3)4/h9,15H,7-8H2,1-6H3,(H,14,17). The van der Waals surface area contributed by atoms with Crippen molar-refractivity contribution in [2.75, 3.05) is 6.61 Å². The SMILES string of the molecule is CCOC(=O)CC(O)C(C)(C)C(=O)NC(C)(C)C. The Labute approximate surface area is 109 Å². The first-order chi connectivity index (χ1) is 8.00. The number of aliphatic hydroxyl groups is 1. The van der Waals surface area contributed by atoms with Crippen LogP contribution in [-0.2, 0) is 14.3 Å². The van der Waals surface area contributed by atoms with E-state index >= 15 is 0 Å². The highest BCUT2D eigenvalue weighted by molar-refractivity contribution is 5.84. The summed E-state index contributed by atoms with van der Waals surface area (Å²) in [6, 6.07) is 0. The zero-order valence-electron chi connectivity index (χ0n) is 12.2. The zero-order chi connectivity index (χ0) is 14.6. The Morgan fingerprint density at radius 1 is 1.22 bits per heavy atom. The van der Waals surface area contributed by atoms with E-state index in [2.05, 4.69) is 5.32 Å². The van der Waals surface area contributed by atoms with Crippen LogP contribution in [0.25, 0.3) is 0 Å². The molecule has 0 aliphatic heterocycles. The molecular weight excluding hydrogens is 234 g/mol. The van der Waals surface area contributed by atoms with E-state index in [1.165, 1.54) is 0 Å². The molecule has 0 heterocycles. The molecular formula is C13H25NO4.